The third-order valence-electron chi connectivity index (χ3n) is 4.69. The highest BCUT2D eigenvalue weighted by molar-refractivity contribution is 5.78. The van der Waals surface area contributed by atoms with Gasteiger partial charge >= 0.3 is 12.1 Å². The van der Waals surface area contributed by atoms with Gasteiger partial charge in [-0.3, -0.25) is 4.79 Å². The van der Waals surface area contributed by atoms with E-state index in [1.165, 1.54) is 0 Å². The Bertz CT molecular complexity index is 623. The molecule has 0 aliphatic heterocycles. The second kappa shape index (κ2) is 8.08. The molecule has 0 radical (unpaired) electrons. The highest BCUT2D eigenvalue weighted by atomic mass is 16.6. The van der Waals surface area contributed by atoms with Gasteiger partial charge in [0.1, 0.15) is 12.2 Å². The van der Waals surface area contributed by atoms with Crippen LogP contribution in [0.5, 0.6) is 0 Å². The summed E-state index contributed by atoms with van der Waals surface area (Å²) in [5, 5.41) is 13.1. The molecular formula is C20H29NO5. The SMILES string of the molecule is CC(O)[C@]1(C(=O)OCc2ccccc2)CC[C@@H](NC(=O)OC(C)(C)C)C1. The summed E-state index contributed by atoms with van der Waals surface area (Å²) in [7, 11) is 0. The van der Waals surface area contributed by atoms with Gasteiger partial charge in [0.2, 0.25) is 0 Å². The summed E-state index contributed by atoms with van der Waals surface area (Å²) < 4.78 is 10.7. The van der Waals surface area contributed by atoms with Crippen LogP contribution in [0.1, 0.15) is 52.5 Å². The first-order valence-electron chi connectivity index (χ1n) is 9.01. The normalized spacial score (nSPS) is 24.0. The zero-order valence-corrected chi connectivity index (χ0v) is 16.0. The first-order valence-corrected chi connectivity index (χ1v) is 9.01. The van der Waals surface area contributed by atoms with E-state index >= 15 is 0 Å². The quantitative estimate of drug-likeness (QED) is 0.785. The molecule has 1 saturated carbocycles. The van der Waals surface area contributed by atoms with Crippen LogP contribution in [-0.2, 0) is 20.9 Å². The standard InChI is InChI=1S/C20H29NO5/c1-14(22)20(17(23)25-13-15-8-6-5-7-9-15)11-10-16(12-20)21-18(24)26-19(2,3)4/h5-9,14,16,22H,10-13H2,1-4H3,(H,21,24)/t14?,16-,20+/m1/s1. The molecule has 2 N–H and O–H groups in total. The lowest BCUT2D eigenvalue weighted by Crippen LogP contribution is -2.43. The van der Waals surface area contributed by atoms with Gasteiger partial charge in [0, 0.05) is 6.04 Å². The summed E-state index contributed by atoms with van der Waals surface area (Å²) >= 11 is 0. The highest BCUT2D eigenvalue weighted by Crippen LogP contribution is 2.42. The molecule has 1 aliphatic rings. The molecule has 26 heavy (non-hydrogen) atoms. The van der Waals surface area contributed by atoms with Crippen molar-refractivity contribution >= 4 is 12.1 Å². The van der Waals surface area contributed by atoms with E-state index in [-0.39, 0.29) is 12.6 Å². The van der Waals surface area contributed by atoms with Crippen molar-refractivity contribution in [2.24, 2.45) is 5.41 Å². The summed E-state index contributed by atoms with van der Waals surface area (Å²) in [6.45, 7) is 7.14. The van der Waals surface area contributed by atoms with Gasteiger partial charge in [0.25, 0.3) is 0 Å². The van der Waals surface area contributed by atoms with Crippen molar-refractivity contribution in [3.63, 3.8) is 0 Å². The zero-order chi connectivity index (χ0) is 19.4. The van der Waals surface area contributed by atoms with Gasteiger partial charge in [-0.1, -0.05) is 30.3 Å². The van der Waals surface area contributed by atoms with Crippen LogP contribution in [0.3, 0.4) is 0 Å². The van der Waals surface area contributed by atoms with Crippen molar-refractivity contribution < 1.29 is 24.2 Å². The van der Waals surface area contributed by atoms with Crippen LogP contribution in [0, 0.1) is 5.41 Å². The molecule has 1 aliphatic carbocycles. The average molecular weight is 363 g/mol. The predicted octanol–water partition coefficient (Wildman–Crippen LogP) is 3.17. The van der Waals surface area contributed by atoms with E-state index < -0.39 is 29.2 Å². The molecule has 0 bridgehead atoms. The van der Waals surface area contributed by atoms with E-state index in [2.05, 4.69) is 5.32 Å². The molecule has 1 amide bonds. The molecule has 144 valence electrons. The molecule has 2 rings (SSSR count). The van der Waals surface area contributed by atoms with Gasteiger partial charge in [-0.25, -0.2) is 4.79 Å². The fraction of sp³-hybridized carbons (Fsp3) is 0.600. The number of alkyl carbamates (subject to hydrolysis) is 1. The minimum Gasteiger partial charge on any atom is -0.460 e. The summed E-state index contributed by atoms with van der Waals surface area (Å²) in [5.74, 6) is -0.426. The molecule has 1 unspecified atom stereocenters. The topological polar surface area (TPSA) is 84.9 Å². The fourth-order valence-electron chi connectivity index (χ4n) is 3.28. The minimum absolute atomic E-state index is 0.165. The summed E-state index contributed by atoms with van der Waals surface area (Å²) in [6, 6.07) is 9.18. The number of nitrogens with one attached hydrogen (secondary N) is 1. The largest absolute Gasteiger partial charge is 0.460 e. The summed E-state index contributed by atoms with van der Waals surface area (Å²) in [5.41, 5.74) is -0.698. The number of carbonyl (C=O) groups excluding carboxylic acids is 2. The Balaban J connectivity index is 1.97. The van der Waals surface area contributed by atoms with Crippen molar-refractivity contribution in [3.05, 3.63) is 35.9 Å². The molecule has 6 heteroatoms. The number of aliphatic hydroxyl groups is 1. The van der Waals surface area contributed by atoms with Gasteiger partial charge in [0.15, 0.2) is 0 Å². The molecule has 0 heterocycles. The van der Waals surface area contributed by atoms with Crippen LogP contribution in [0.15, 0.2) is 30.3 Å². The smallest absolute Gasteiger partial charge is 0.407 e. The third kappa shape index (κ3) is 5.21. The highest BCUT2D eigenvalue weighted by Gasteiger charge is 2.50. The Hall–Kier alpha value is -2.08. The van der Waals surface area contributed by atoms with Crippen LogP contribution >= 0.6 is 0 Å². The van der Waals surface area contributed by atoms with Crippen LogP contribution < -0.4 is 5.32 Å². The van der Waals surface area contributed by atoms with Crippen LogP contribution in [0.4, 0.5) is 4.79 Å². The van der Waals surface area contributed by atoms with Gasteiger partial charge in [-0.05, 0) is 52.5 Å². The van der Waals surface area contributed by atoms with E-state index in [1.54, 1.807) is 27.7 Å². The van der Waals surface area contributed by atoms with Crippen molar-refractivity contribution in [1.82, 2.24) is 5.32 Å². The average Bonchev–Trinajstić information content (AvgIpc) is 2.97. The Morgan fingerprint density at radius 1 is 1.31 bits per heavy atom. The van der Waals surface area contributed by atoms with Crippen LogP contribution in [0.2, 0.25) is 0 Å². The Labute approximate surface area is 154 Å². The van der Waals surface area contributed by atoms with Crippen LogP contribution in [0.25, 0.3) is 0 Å². The molecular weight excluding hydrogens is 334 g/mol. The first-order chi connectivity index (χ1) is 12.1. The number of benzene rings is 1. The number of ether oxygens (including phenoxy) is 2. The number of rotatable bonds is 5. The lowest BCUT2D eigenvalue weighted by Gasteiger charge is -2.30. The maximum Gasteiger partial charge on any atom is 0.407 e. The molecule has 1 aromatic carbocycles. The molecule has 0 spiro atoms. The van der Waals surface area contributed by atoms with Gasteiger partial charge in [-0.2, -0.15) is 0 Å². The number of hydrogen-bond donors (Lipinski definition) is 2. The van der Waals surface area contributed by atoms with E-state index in [1.807, 2.05) is 30.3 Å². The molecule has 1 aromatic rings. The molecule has 0 saturated heterocycles. The van der Waals surface area contributed by atoms with Gasteiger partial charge < -0.3 is 19.9 Å². The minimum atomic E-state index is -1.01. The fourth-order valence-corrected chi connectivity index (χ4v) is 3.28. The van der Waals surface area contributed by atoms with E-state index in [9.17, 15) is 14.7 Å². The number of amides is 1. The predicted molar refractivity (Wildman–Crippen MR) is 97.4 cm³/mol. The summed E-state index contributed by atoms with van der Waals surface area (Å²) in [4.78, 5) is 24.7. The monoisotopic (exact) mass is 363 g/mol. The van der Waals surface area contributed by atoms with Crippen molar-refractivity contribution in [1.29, 1.82) is 0 Å². The van der Waals surface area contributed by atoms with Crippen molar-refractivity contribution in [2.75, 3.05) is 0 Å². The second-order valence-electron chi connectivity index (χ2n) is 7.98. The lowest BCUT2D eigenvalue weighted by atomic mass is 9.81. The third-order valence-corrected chi connectivity index (χ3v) is 4.69. The maximum atomic E-state index is 12.7. The van der Waals surface area contributed by atoms with E-state index in [0.29, 0.717) is 19.3 Å². The van der Waals surface area contributed by atoms with Gasteiger partial charge in [0.05, 0.1) is 11.5 Å². The van der Waals surface area contributed by atoms with Crippen LogP contribution in [-0.4, -0.2) is 34.9 Å². The molecule has 6 nitrogen and oxygen atoms in total. The second-order valence-corrected chi connectivity index (χ2v) is 7.98. The number of esters is 1. The number of hydrogen-bond acceptors (Lipinski definition) is 5. The summed E-state index contributed by atoms with van der Waals surface area (Å²) in [6.07, 6.45) is -0.00122. The number of aliphatic hydroxyl groups excluding tert-OH is 1. The maximum absolute atomic E-state index is 12.7. The van der Waals surface area contributed by atoms with E-state index in [4.69, 9.17) is 9.47 Å². The molecule has 3 atom stereocenters. The lowest BCUT2D eigenvalue weighted by molar-refractivity contribution is -0.164. The van der Waals surface area contributed by atoms with Gasteiger partial charge in [-0.15, -0.1) is 0 Å². The van der Waals surface area contributed by atoms with Crippen molar-refractivity contribution in [2.45, 2.75) is 71.3 Å². The Morgan fingerprint density at radius 2 is 1.96 bits per heavy atom. The first kappa shape index (κ1) is 20.2. The van der Waals surface area contributed by atoms with Crippen molar-refractivity contribution in [3.8, 4) is 0 Å². The Kier molecular flexibility index (Phi) is 6.29. The van der Waals surface area contributed by atoms with E-state index in [0.717, 1.165) is 5.56 Å². The molecule has 0 aromatic heterocycles. The zero-order valence-electron chi connectivity index (χ0n) is 16.0. The molecule has 1 fully saturated rings. The number of carbonyl (C=O) groups is 2. The Morgan fingerprint density at radius 3 is 2.54 bits per heavy atom.